The number of ether oxygens (including phenoxy) is 1. The van der Waals surface area contributed by atoms with Gasteiger partial charge in [0.15, 0.2) is 0 Å². The lowest BCUT2D eigenvalue weighted by Crippen LogP contribution is -2.32. The molecule has 0 fully saturated rings. The number of benzene rings is 2. The molecular weight excluding hydrogens is 482 g/mol. The monoisotopic (exact) mass is 505 g/mol. The molecule has 2 heterocycles. The van der Waals surface area contributed by atoms with Crippen LogP contribution in [0.3, 0.4) is 0 Å². The molecule has 0 aliphatic heterocycles. The molecule has 2 aromatic heterocycles. The number of carbonyl (C=O) groups excluding carboxylic acids is 1. The van der Waals surface area contributed by atoms with E-state index in [4.69, 9.17) is 4.74 Å². The van der Waals surface area contributed by atoms with Crippen LogP contribution in [0.5, 0.6) is 0 Å². The number of nitrogens with zero attached hydrogens (tertiary/aromatic N) is 6. The van der Waals surface area contributed by atoms with Crippen molar-refractivity contribution in [1.29, 1.82) is 0 Å². The Hall–Kier alpha value is -4.45. The summed E-state index contributed by atoms with van der Waals surface area (Å²) in [7, 11) is 0. The SMILES string of the molecule is CCOC(=O)CN(Cc1ccccc1)c1ncnc(NCc2ccc(-c3csnn3)cc2)c1[N+](=O)[O-]. The molecule has 4 aromatic rings. The molecule has 0 radical (unpaired) electrons. The van der Waals surface area contributed by atoms with Crippen molar-refractivity contribution in [2.75, 3.05) is 23.4 Å². The third-order valence-electron chi connectivity index (χ3n) is 5.20. The molecule has 0 aliphatic carbocycles. The van der Waals surface area contributed by atoms with Crippen LogP contribution in [-0.4, -0.2) is 43.6 Å². The maximum atomic E-state index is 12.3. The van der Waals surface area contributed by atoms with Crippen LogP contribution >= 0.6 is 11.5 Å². The van der Waals surface area contributed by atoms with E-state index in [9.17, 15) is 14.9 Å². The van der Waals surface area contributed by atoms with Gasteiger partial charge in [-0.1, -0.05) is 59.1 Å². The summed E-state index contributed by atoms with van der Waals surface area (Å²) in [5.74, 6) is -0.424. The zero-order valence-corrected chi connectivity index (χ0v) is 20.2. The molecule has 184 valence electrons. The predicted molar refractivity (Wildman–Crippen MR) is 135 cm³/mol. The van der Waals surface area contributed by atoms with Crippen LogP contribution in [0.4, 0.5) is 17.3 Å². The summed E-state index contributed by atoms with van der Waals surface area (Å²) >= 11 is 1.28. The fourth-order valence-electron chi connectivity index (χ4n) is 3.54. The molecule has 0 spiro atoms. The molecule has 0 aliphatic rings. The van der Waals surface area contributed by atoms with Crippen LogP contribution in [0.1, 0.15) is 18.1 Å². The van der Waals surface area contributed by atoms with Crippen LogP contribution in [0, 0.1) is 10.1 Å². The minimum Gasteiger partial charge on any atom is -0.465 e. The van der Waals surface area contributed by atoms with Gasteiger partial charge in [0.25, 0.3) is 0 Å². The number of rotatable bonds is 11. The summed E-state index contributed by atoms with van der Waals surface area (Å²) in [6.07, 6.45) is 1.24. The molecule has 2 aromatic carbocycles. The lowest BCUT2D eigenvalue weighted by atomic mass is 10.1. The molecule has 36 heavy (non-hydrogen) atoms. The van der Waals surface area contributed by atoms with E-state index in [-0.39, 0.29) is 37.0 Å². The molecule has 0 bridgehead atoms. The van der Waals surface area contributed by atoms with Crippen LogP contribution in [0.15, 0.2) is 66.3 Å². The molecule has 0 atom stereocenters. The van der Waals surface area contributed by atoms with Crippen molar-refractivity contribution in [3.8, 4) is 11.3 Å². The van der Waals surface area contributed by atoms with Gasteiger partial charge in [0.05, 0.1) is 11.5 Å². The van der Waals surface area contributed by atoms with Gasteiger partial charge in [0, 0.05) is 24.0 Å². The first kappa shape index (κ1) is 24.7. The van der Waals surface area contributed by atoms with E-state index in [1.807, 2.05) is 60.0 Å². The summed E-state index contributed by atoms with van der Waals surface area (Å²) < 4.78 is 8.96. The maximum Gasteiger partial charge on any atom is 0.353 e. The normalized spacial score (nSPS) is 10.6. The number of anilines is 2. The topological polar surface area (TPSA) is 136 Å². The number of nitro groups is 1. The van der Waals surface area contributed by atoms with Gasteiger partial charge >= 0.3 is 11.7 Å². The third kappa shape index (κ3) is 6.16. The number of aromatic nitrogens is 4. The van der Waals surface area contributed by atoms with Crippen molar-refractivity contribution >= 4 is 34.8 Å². The second-order valence-electron chi connectivity index (χ2n) is 7.64. The molecule has 4 rings (SSSR count). The Balaban J connectivity index is 1.59. The van der Waals surface area contributed by atoms with Crippen molar-refractivity contribution in [3.05, 3.63) is 87.5 Å². The summed E-state index contributed by atoms with van der Waals surface area (Å²) in [4.78, 5) is 33.7. The van der Waals surface area contributed by atoms with Gasteiger partial charge < -0.3 is 15.0 Å². The Kier molecular flexibility index (Phi) is 8.08. The number of esters is 1. The largest absolute Gasteiger partial charge is 0.465 e. The van der Waals surface area contributed by atoms with Gasteiger partial charge in [-0.3, -0.25) is 14.9 Å². The van der Waals surface area contributed by atoms with Gasteiger partial charge in [0.2, 0.25) is 11.6 Å². The van der Waals surface area contributed by atoms with Gasteiger partial charge in [-0.2, -0.15) is 0 Å². The molecule has 0 unspecified atom stereocenters. The lowest BCUT2D eigenvalue weighted by molar-refractivity contribution is -0.383. The average molecular weight is 506 g/mol. The summed E-state index contributed by atoms with van der Waals surface area (Å²) in [5.41, 5.74) is 3.15. The van der Waals surface area contributed by atoms with Crippen LogP contribution < -0.4 is 10.2 Å². The van der Waals surface area contributed by atoms with E-state index in [1.165, 1.54) is 22.8 Å². The van der Waals surface area contributed by atoms with Gasteiger partial charge in [-0.05, 0) is 29.6 Å². The first-order chi connectivity index (χ1) is 17.5. The van der Waals surface area contributed by atoms with Crippen molar-refractivity contribution in [3.63, 3.8) is 0 Å². The van der Waals surface area contributed by atoms with E-state index in [0.717, 1.165) is 22.4 Å². The van der Waals surface area contributed by atoms with E-state index >= 15 is 0 Å². The highest BCUT2D eigenvalue weighted by molar-refractivity contribution is 7.03. The molecule has 0 saturated heterocycles. The second kappa shape index (κ2) is 11.8. The number of carbonyl (C=O) groups is 1. The van der Waals surface area contributed by atoms with Gasteiger partial charge in [-0.15, -0.1) is 5.10 Å². The molecule has 0 amide bonds. The maximum absolute atomic E-state index is 12.3. The zero-order chi connectivity index (χ0) is 25.3. The van der Waals surface area contributed by atoms with Crippen molar-refractivity contribution < 1.29 is 14.5 Å². The van der Waals surface area contributed by atoms with Crippen molar-refractivity contribution in [2.45, 2.75) is 20.0 Å². The Morgan fingerprint density at radius 1 is 1.11 bits per heavy atom. The summed E-state index contributed by atoms with van der Waals surface area (Å²) in [6.45, 7) is 2.23. The molecule has 12 heteroatoms. The predicted octanol–water partition coefficient (Wildman–Crippen LogP) is 4.09. The van der Waals surface area contributed by atoms with Gasteiger partial charge in [0.1, 0.15) is 18.6 Å². The van der Waals surface area contributed by atoms with Crippen LogP contribution in [0.25, 0.3) is 11.3 Å². The highest BCUT2D eigenvalue weighted by atomic mass is 32.1. The van der Waals surface area contributed by atoms with E-state index in [0.29, 0.717) is 6.54 Å². The first-order valence-electron chi connectivity index (χ1n) is 11.1. The smallest absolute Gasteiger partial charge is 0.353 e. The Labute approximate surface area is 211 Å². The standard InChI is InChI=1S/C24H23N7O4S/c1-2-35-21(32)14-30(13-18-6-4-3-5-7-18)24-22(31(33)34)23(26-16-27-24)25-12-17-8-10-19(11-9-17)20-15-36-29-28-20/h3-11,15-16H,2,12-14H2,1H3,(H,25,26,27). The molecule has 1 N–H and O–H groups in total. The van der Waals surface area contributed by atoms with Crippen molar-refractivity contribution in [1.82, 2.24) is 19.6 Å². The fourth-order valence-corrected chi connectivity index (χ4v) is 4.01. The minimum absolute atomic E-state index is 0.0285. The minimum atomic E-state index is -0.543. The fraction of sp³-hybridized carbons (Fsp3) is 0.208. The molecule has 0 saturated carbocycles. The van der Waals surface area contributed by atoms with Crippen molar-refractivity contribution in [2.24, 2.45) is 0 Å². The zero-order valence-electron chi connectivity index (χ0n) is 19.4. The number of hydrogen-bond acceptors (Lipinski definition) is 11. The van der Waals surface area contributed by atoms with E-state index in [1.54, 1.807) is 6.92 Å². The average Bonchev–Trinajstić information content (AvgIpc) is 3.43. The second-order valence-corrected chi connectivity index (χ2v) is 8.25. The highest BCUT2D eigenvalue weighted by Crippen LogP contribution is 2.33. The number of nitrogens with one attached hydrogen (secondary N) is 1. The summed E-state index contributed by atoms with van der Waals surface area (Å²) in [5, 5.41) is 21.1. The molecule has 11 nitrogen and oxygen atoms in total. The first-order valence-corrected chi connectivity index (χ1v) is 11.9. The lowest BCUT2D eigenvalue weighted by Gasteiger charge is -2.23. The Bertz CT molecular complexity index is 1300. The van der Waals surface area contributed by atoms with Gasteiger partial charge in [-0.25, -0.2) is 9.97 Å². The van der Waals surface area contributed by atoms with Crippen LogP contribution in [-0.2, 0) is 22.6 Å². The number of hydrogen-bond donors (Lipinski definition) is 1. The van der Waals surface area contributed by atoms with Crippen LogP contribution in [0.2, 0.25) is 0 Å². The van der Waals surface area contributed by atoms with E-state index < -0.39 is 10.9 Å². The summed E-state index contributed by atoms with van der Waals surface area (Å²) in [6, 6.07) is 16.9. The van der Waals surface area contributed by atoms with E-state index in [2.05, 4.69) is 24.9 Å². The quantitative estimate of drug-likeness (QED) is 0.180. The Morgan fingerprint density at radius 3 is 2.56 bits per heavy atom. The highest BCUT2D eigenvalue weighted by Gasteiger charge is 2.28. The molecular formula is C24H23N7O4S. The Morgan fingerprint density at radius 2 is 1.89 bits per heavy atom. The third-order valence-corrected chi connectivity index (χ3v) is 5.70.